The first kappa shape index (κ1) is 19.1. The Bertz CT molecular complexity index is 789. The van der Waals surface area contributed by atoms with E-state index in [1.54, 1.807) is 80.5 Å². The van der Waals surface area contributed by atoms with E-state index in [0.29, 0.717) is 5.56 Å². The molecule has 0 saturated carbocycles. The lowest BCUT2D eigenvalue weighted by Crippen LogP contribution is -2.37. The molecule has 134 valence electrons. The first-order valence-corrected chi connectivity index (χ1v) is 9.58. The van der Waals surface area contributed by atoms with Crippen molar-refractivity contribution in [2.45, 2.75) is 29.7 Å². The van der Waals surface area contributed by atoms with E-state index in [1.807, 2.05) is 6.07 Å². The molecule has 2 unspecified atom stereocenters. The molecule has 0 aromatic heterocycles. The minimum atomic E-state index is -3.49. The molecule has 0 saturated heterocycles. The van der Waals surface area contributed by atoms with E-state index >= 15 is 0 Å². The van der Waals surface area contributed by atoms with E-state index < -0.39 is 27.3 Å². The van der Waals surface area contributed by atoms with Crippen molar-refractivity contribution >= 4 is 15.8 Å². The Kier molecular flexibility index (Phi) is 6.33. The number of esters is 1. The number of sulfone groups is 1. The van der Waals surface area contributed by atoms with Crippen LogP contribution < -0.4 is 0 Å². The summed E-state index contributed by atoms with van der Waals surface area (Å²) in [5.74, 6) is -0.469. The van der Waals surface area contributed by atoms with Crippen LogP contribution in [0.5, 0.6) is 0 Å². The van der Waals surface area contributed by atoms with Crippen LogP contribution in [0.15, 0.2) is 65.6 Å². The fourth-order valence-electron chi connectivity index (χ4n) is 2.38. The maximum atomic E-state index is 12.7. The molecular formula is C19H23NO4S. The standard InChI is InChI=1S/C19H23NO4S/c1-15(25(22,23)17-12-8-5-9-13-17)14-18(20(2)3)24-19(21)16-10-6-4-7-11-16/h4-13,15,18H,14H2,1-3H3. The summed E-state index contributed by atoms with van der Waals surface area (Å²) in [5, 5.41) is -0.689. The van der Waals surface area contributed by atoms with Crippen molar-refractivity contribution in [3.8, 4) is 0 Å². The molecule has 0 aliphatic rings. The molecule has 6 heteroatoms. The van der Waals surface area contributed by atoms with Crippen molar-refractivity contribution in [1.82, 2.24) is 4.90 Å². The van der Waals surface area contributed by atoms with Crippen LogP contribution in [0.1, 0.15) is 23.7 Å². The lowest BCUT2D eigenvalue weighted by Gasteiger charge is -2.27. The molecule has 0 N–H and O–H groups in total. The molecule has 0 radical (unpaired) electrons. The van der Waals surface area contributed by atoms with Gasteiger partial charge in [0.2, 0.25) is 0 Å². The van der Waals surface area contributed by atoms with Gasteiger partial charge in [-0.15, -0.1) is 0 Å². The molecule has 0 spiro atoms. The summed E-state index contributed by atoms with van der Waals surface area (Å²) in [5.41, 5.74) is 0.438. The Morgan fingerprint density at radius 2 is 1.52 bits per heavy atom. The van der Waals surface area contributed by atoms with Crippen molar-refractivity contribution in [3.63, 3.8) is 0 Å². The normalized spacial score (nSPS) is 14.1. The highest BCUT2D eigenvalue weighted by Crippen LogP contribution is 2.21. The van der Waals surface area contributed by atoms with Crippen molar-refractivity contribution in [1.29, 1.82) is 0 Å². The summed E-state index contributed by atoms with van der Waals surface area (Å²) in [4.78, 5) is 14.2. The quantitative estimate of drug-likeness (QED) is 0.560. The zero-order valence-electron chi connectivity index (χ0n) is 14.6. The molecule has 0 aliphatic carbocycles. The first-order valence-electron chi connectivity index (χ1n) is 8.03. The van der Waals surface area contributed by atoms with Crippen LogP contribution in [0.4, 0.5) is 0 Å². The molecule has 2 aromatic carbocycles. The van der Waals surface area contributed by atoms with E-state index in [2.05, 4.69) is 0 Å². The van der Waals surface area contributed by atoms with Gasteiger partial charge in [0.05, 0.1) is 15.7 Å². The lowest BCUT2D eigenvalue weighted by atomic mass is 10.2. The van der Waals surface area contributed by atoms with E-state index in [9.17, 15) is 13.2 Å². The Morgan fingerprint density at radius 3 is 2.04 bits per heavy atom. The zero-order valence-corrected chi connectivity index (χ0v) is 15.4. The molecular weight excluding hydrogens is 338 g/mol. The van der Waals surface area contributed by atoms with Crippen LogP contribution >= 0.6 is 0 Å². The predicted octanol–water partition coefficient (Wildman–Crippen LogP) is 2.98. The van der Waals surface area contributed by atoms with Crippen molar-refractivity contribution in [3.05, 3.63) is 66.2 Å². The number of benzene rings is 2. The Morgan fingerprint density at radius 1 is 1.00 bits per heavy atom. The Labute approximate surface area is 149 Å². The van der Waals surface area contributed by atoms with Crippen molar-refractivity contribution in [2.75, 3.05) is 14.1 Å². The van der Waals surface area contributed by atoms with Crippen LogP contribution in [-0.4, -0.2) is 44.9 Å². The average Bonchev–Trinajstić information content (AvgIpc) is 2.62. The number of carbonyl (C=O) groups excluding carboxylic acids is 1. The molecule has 0 aliphatic heterocycles. The van der Waals surface area contributed by atoms with Gasteiger partial charge in [-0.3, -0.25) is 4.90 Å². The summed E-state index contributed by atoms with van der Waals surface area (Å²) in [6.45, 7) is 1.63. The number of hydrogen-bond donors (Lipinski definition) is 0. The molecule has 0 fully saturated rings. The van der Waals surface area contributed by atoms with Gasteiger partial charge in [-0.2, -0.15) is 0 Å². The molecule has 2 atom stereocenters. The van der Waals surface area contributed by atoms with Gasteiger partial charge in [0.1, 0.15) is 0 Å². The smallest absolute Gasteiger partial charge is 0.339 e. The summed E-state index contributed by atoms with van der Waals surface area (Å²) < 4.78 is 30.9. The fourth-order valence-corrected chi connectivity index (χ4v) is 3.80. The van der Waals surface area contributed by atoms with Crippen LogP contribution in [-0.2, 0) is 14.6 Å². The van der Waals surface area contributed by atoms with E-state index in [-0.39, 0.29) is 11.3 Å². The van der Waals surface area contributed by atoms with Gasteiger partial charge in [0.15, 0.2) is 16.1 Å². The van der Waals surface area contributed by atoms with Gasteiger partial charge in [0, 0.05) is 6.42 Å². The van der Waals surface area contributed by atoms with Crippen LogP contribution in [0.25, 0.3) is 0 Å². The number of carbonyl (C=O) groups is 1. The Balaban J connectivity index is 2.12. The molecule has 25 heavy (non-hydrogen) atoms. The third-order valence-corrected chi connectivity index (χ3v) is 6.14. The molecule has 0 heterocycles. The number of nitrogens with zero attached hydrogens (tertiary/aromatic N) is 1. The summed E-state index contributed by atoms with van der Waals surface area (Å²) in [6, 6.07) is 17.0. The number of ether oxygens (including phenoxy) is 1. The van der Waals surface area contributed by atoms with E-state index in [4.69, 9.17) is 4.74 Å². The second-order valence-electron chi connectivity index (χ2n) is 6.09. The largest absolute Gasteiger partial charge is 0.443 e. The number of rotatable bonds is 7. The van der Waals surface area contributed by atoms with Crippen molar-refractivity contribution in [2.24, 2.45) is 0 Å². The Hall–Kier alpha value is -2.18. The SMILES string of the molecule is CC(CC(OC(=O)c1ccccc1)N(C)C)S(=O)(=O)c1ccccc1. The molecule has 5 nitrogen and oxygen atoms in total. The maximum Gasteiger partial charge on any atom is 0.339 e. The second-order valence-corrected chi connectivity index (χ2v) is 8.46. The highest BCUT2D eigenvalue weighted by molar-refractivity contribution is 7.92. The van der Waals surface area contributed by atoms with Gasteiger partial charge in [-0.25, -0.2) is 13.2 Å². The summed E-state index contributed by atoms with van der Waals surface area (Å²) in [6.07, 6.45) is -0.454. The maximum absolute atomic E-state index is 12.7. The minimum absolute atomic E-state index is 0.183. The van der Waals surface area contributed by atoms with E-state index in [1.165, 1.54) is 0 Å². The predicted molar refractivity (Wildman–Crippen MR) is 97.0 cm³/mol. The topological polar surface area (TPSA) is 63.7 Å². The van der Waals surface area contributed by atoms with Crippen LogP contribution in [0.3, 0.4) is 0 Å². The summed E-state index contributed by atoms with van der Waals surface area (Å²) >= 11 is 0. The summed E-state index contributed by atoms with van der Waals surface area (Å²) in [7, 11) is 0.0236. The third-order valence-electron chi connectivity index (χ3n) is 3.96. The zero-order chi connectivity index (χ0) is 18.4. The van der Waals surface area contributed by atoms with Crippen molar-refractivity contribution < 1.29 is 17.9 Å². The highest BCUT2D eigenvalue weighted by Gasteiger charge is 2.29. The molecule has 2 aromatic rings. The molecule has 0 amide bonds. The second kappa shape index (κ2) is 8.27. The highest BCUT2D eigenvalue weighted by atomic mass is 32.2. The minimum Gasteiger partial charge on any atom is -0.443 e. The van der Waals surface area contributed by atoms with Gasteiger partial charge in [-0.1, -0.05) is 36.4 Å². The van der Waals surface area contributed by atoms with Gasteiger partial charge in [-0.05, 0) is 45.3 Å². The monoisotopic (exact) mass is 361 g/mol. The average molecular weight is 361 g/mol. The molecule has 0 bridgehead atoms. The first-order chi connectivity index (χ1) is 11.8. The van der Waals surface area contributed by atoms with Crippen LogP contribution in [0, 0.1) is 0 Å². The van der Waals surface area contributed by atoms with Gasteiger partial charge in [0.25, 0.3) is 0 Å². The fraction of sp³-hybridized carbons (Fsp3) is 0.316. The number of hydrogen-bond acceptors (Lipinski definition) is 5. The van der Waals surface area contributed by atoms with Gasteiger partial charge >= 0.3 is 5.97 Å². The van der Waals surface area contributed by atoms with Gasteiger partial charge < -0.3 is 4.74 Å². The van der Waals surface area contributed by atoms with Crippen LogP contribution in [0.2, 0.25) is 0 Å². The third kappa shape index (κ3) is 4.90. The lowest BCUT2D eigenvalue weighted by molar-refractivity contribution is -0.0176. The van der Waals surface area contributed by atoms with E-state index in [0.717, 1.165) is 0 Å². The molecule has 2 rings (SSSR count).